The van der Waals surface area contributed by atoms with Crippen LogP contribution < -0.4 is 10.0 Å². The Bertz CT molecular complexity index is 570. The normalized spacial score (nSPS) is 10.9. The topological polar surface area (TPSA) is 75.3 Å². The van der Waals surface area contributed by atoms with Gasteiger partial charge in [0, 0.05) is 18.3 Å². The molecule has 0 aliphatic carbocycles. The predicted molar refractivity (Wildman–Crippen MR) is 75.4 cm³/mol. The highest BCUT2D eigenvalue weighted by Crippen LogP contribution is 2.14. The molecule has 2 N–H and O–H groups in total. The highest BCUT2D eigenvalue weighted by Gasteiger charge is 2.11. The Morgan fingerprint density at radius 2 is 1.79 bits per heavy atom. The van der Waals surface area contributed by atoms with Gasteiger partial charge in [0.25, 0.3) is 0 Å². The second-order valence-corrected chi connectivity index (χ2v) is 6.00. The highest BCUT2D eigenvalue weighted by molar-refractivity contribution is 7.89. The first-order valence-electron chi connectivity index (χ1n) is 5.91. The lowest BCUT2D eigenvalue weighted by molar-refractivity contribution is -0.111. The standard InChI is InChI=1S/C13H18N2O3S/c1-4-14-19(17,18)12-7-5-11(6-8-12)15-13(16)9-10(2)3/h5-9,14H,4H2,1-3H3,(H,15,16). The zero-order valence-corrected chi connectivity index (χ0v) is 12.0. The van der Waals surface area contributed by atoms with Gasteiger partial charge in [-0.1, -0.05) is 12.5 Å². The summed E-state index contributed by atoms with van der Waals surface area (Å²) in [5.74, 6) is -0.234. The fourth-order valence-corrected chi connectivity index (χ4v) is 2.47. The van der Waals surface area contributed by atoms with E-state index >= 15 is 0 Å². The first-order chi connectivity index (χ1) is 8.85. The van der Waals surface area contributed by atoms with Crippen molar-refractivity contribution < 1.29 is 13.2 Å². The lowest BCUT2D eigenvalue weighted by Gasteiger charge is -2.06. The summed E-state index contributed by atoms with van der Waals surface area (Å²) >= 11 is 0. The van der Waals surface area contributed by atoms with Crippen LogP contribution in [0.1, 0.15) is 20.8 Å². The van der Waals surface area contributed by atoms with Gasteiger partial charge in [0.1, 0.15) is 0 Å². The highest BCUT2D eigenvalue weighted by atomic mass is 32.2. The molecule has 0 aromatic heterocycles. The van der Waals surface area contributed by atoms with Crippen LogP contribution in [0.3, 0.4) is 0 Å². The summed E-state index contributed by atoms with van der Waals surface area (Å²) in [6.07, 6.45) is 1.48. The number of nitrogens with one attached hydrogen (secondary N) is 2. The number of carbonyl (C=O) groups excluding carboxylic acids is 1. The van der Waals surface area contributed by atoms with Gasteiger partial charge in [0.2, 0.25) is 15.9 Å². The Labute approximate surface area is 113 Å². The lowest BCUT2D eigenvalue weighted by atomic mass is 10.3. The van der Waals surface area contributed by atoms with Crippen LogP contribution in [0.5, 0.6) is 0 Å². The number of rotatable bonds is 5. The van der Waals surface area contributed by atoms with Crippen molar-refractivity contribution in [2.24, 2.45) is 0 Å². The van der Waals surface area contributed by atoms with E-state index in [2.05, 4.69) is 10.0 Å². The second kappa shape index (κ2) is 6.49. The summed E-state index contributed by atoms with van der Waals surface area (Å²) in [4.78, 5) is 11.7. The van der Waals surface area contributed by atoms with Gasteiger partial charge >= 0.3 is 0 Å². The van der Waals surface area contributed by atoms with Crippen molar-refractivity contribution in [3.8, 4) is 0 Å². The van der Waals surface area contributed by atoms with E-state index in [-0.39, 0.29) is 10.8 Å². The SMILES string of the molecule is CCNS(=O)(=O)c1ccc(NC(=O)C=C(C)C)cc1. The van der Waals surface area contributed by atoms with E-state index in [1.54, 1.807) is 19.1 Å². The summed E-state index contributed by atoms with van der Waals surface area (Å²) in [7, 11) is -3.45. The van der Waals surface area contributed by atoms with Gasteiger partial charge < -0.3 is 5.32 Å². The van der Waals surface area contributed by atoms with Gasteiger partial charge in [0.15, 0.2) is 0 Å². The number of amides is 1. The Morgan fingerprint density at radius 3 is 2.26 bits per heavy atom. The minimum absolute atomic E-state index is 0.176. The Hall–Kier alpha value is -1.66. The van der Waals surface area contributed by atoms with E-state index in [4.69, 9.17) is 0 Å². The van der Waals surface area contributed by atoms with Crippen molar-refractivity contribution in [1.29, 1.82) is 0 Å². The number of anilines is 1. The largest absolute Gasteiger partial charge is 0.323 e. The van der Waals surface area contributed by atoms with Gasteiger partial charge in [-0.2, -0.15) is 0 Å². The first-order valence-corrected chi connectivity index (χ1v) is 7.39. The van der Waals surface area contributed by atoms with Crippen LogP contribution in [0, 0.1) is 0 Å². The van der Waals surface area contributed by atoms with E-state index in [9.17, 15) is 13.2 Å². The molecule has 6 heteroatoms. The molecule has 0 radical (unpaired) electrons. The molecule has 0 unspecified atom stereocenters. The molecule has 19 heavy (non-hydrogen) atoms. The molecule has 1 rings (SSSR count). The van der Waals surface area contributed by atoms with Crippen LogP contribution in [0.15, 0.2) is 40.8 Å². The smallest absolute Gasteiger partial charge is 0.248 e. The fraction of sp³-hybridized carbons (Fsp3) is 0.308. The molecule has 1 amide bonds. The third-order valence-corrected chi connectivity index (χ3v) is 3.75. The van der Waals surface area contributed by atoms with E-state index in [0.717, 1.165) is 5.57 Å². The molecule has 5 nitrogen and oxygen atoms in total. The van der Waals surface area contributed by atoms with Crippen molar-refractivity contribution in [3.05, 3.63) is 35.9 Å². The Balaban J connectivity index is 2.83. The molecule has 104 valence electrons. The minimum Gasteiger partial charge on any atom is -0.323 e. The molecule has 0 aliphatic heterocycles. The maximum absolute atomic E-state index is 11.7. The Morgan fingerprint density at radius 1 is 1.21 bits per heavy atom. The third-order valence-electron chi connectivity index (χ3n) is 2.19. The lowest BCUT2D eigenvalue weighted by Crippen LogP contribution is -2.23. The molecular formula is C13H18N2O3S. The number of hydrogen-bond donors (Lipinski definition) is 2. The molecule has 0 fully saturated rings. The first kappa shape index (κ1) is 15.4. The van der Waals surface area contributed by atoms with Crippen LogP contribution in [0.2, 0.25) is 0 Å². The summed E-state index contributed by atoms with van der Waals surface area (Å²) in [5, 5.41) is 2.65. The zero-order valence-electron chi connectivity index (χ0n) is 11.2. The van der Waals surface area contributed by atoms with Gasteiger partial charge in [-0.3, -0.25) is 4.79 Å². The van der Waals surface area contributed by atoms with Crippen molar-refractivity contribution in [3.63, 3.8) is 0 Å². The van der Waals surface area contributed by atoms with Crippen LogP contribution in [0.4, 0.5) is 5.69 Å². The van der Waals surface area contributed by atoms with Crippen LogP contribution >= 0.6 is 0 Å². The molecule has 0 heterocycles. The fourth-order valence-electron chi connectivity index (χ4n) is 1.43. The average Bonchev–Trinajstić information content (AvgIpc) is 2.28. The molecule has 0 bridgehead atoms. The van der Waals surface area contributed by atoms with Crippen LogP contribution in [-0.2, 0) is 14.8 Å². The zero-order chi connectivity index (χ0) is 14.5. The number of hydrogen-bond acceptors (Lipinski definition) is 3. The molecule has 0 aliphatic rings. The van der Waals surface area contributed by atoms with E-state index in [1.807, 2.05) is 13.8 Å². The maximum Gasteiger partial charge on any atom is 0.248 e. The number of sulfonamides is 1. The van der Waals surface area contributed by atoms with Gasteiger partial charge in [-0.25, -0.2) is 13.1 Å². The second-order valence-electron chi connectivity index (χ2n) is 4.24. The van der Waals surface area contributed by atoms with Crippen molar-refractivity contribution in [2.45, 2.75) is 25.7 Å². The number of allylic oxidation sites excluding steroid dienone is 1. The summed E-state index contributed by atoms with van der Waals surface area (Å²) in [6, 6.07) is 6.02. The molecule has 1 aromatic carbocycles. The van der Waals surface area contributed by atoms with Gasteiger partial charge in [0.05, 0.1) is 4.90 Å². The van der Waals surface area contributed by atoms with Crippen LogP contribution in [0.25, 0.3) is 0 Å². The van der Waals surface area contributed by atoms with E-state index < -0.39 is 10.0 Å². The molecule has 1 aromatic rings. The molecule has 0 saturated heterocycles. The molecule has 0 atom stereocenters. The van der Waals surface area contributed by atoms with Gasteiger partial charge in [-0.05, 0) is 38.1 Å². The molecule has 0 spiro atoms. The van der Waals surface area contributed by atoms with Crippen molar-refractivity contribution in [1.82, 2.24) is 4.72 Å². The average molecular weight is 282 g/mol. The van der Waals surface area contributed by atoms with Gasteiger partial charge in [-0.15, -0.1) is 0 Å². The Kier molecular flexibility index (Phi) is 5.26. The van der Waals surface area contributed by atoms with Crippen molar-refractivity contribution >= 4 is 21.6 Å². The summed E-state index contributed by atoms with van der Waals surface area (Å²) < 4.78 is 25.8. The third kappa shape index (κ3) is 4.84. The van der Waals surface area contributed by atoms with Crippen molar-refractivity contribution in [2.75, 3.05) is 11.9 Å². The molecule has 0 saturated carbocycles. The summed E-state index contributed by atoms with van der Waals surface area (Å²) in [5.41, 5.74) is 1.45. The number of benzene rings is 1. The van der Waals surface area contributed by atoms with Crippen LogP contribution in [-0.4, -0.2) is 20.9 Å². The summed E-state index contributed by atoms with van der Waals surface area (Å²) in [6.45, 7) is 5.70. The van der Waals surface area contributed by atoms with E-state index in [0.29, 0.717) is 12.2 Å². The minimum atomic E-state index is -3.45. The number of carbonyl (C=O) groups is 1. The van der Waals surface area contributed by atoms with E-state index in [1.165, 1.54) is 18.2 Å². The molecular weight excluding hydrogens is 264 g/mol. The monoisotopic (exact) mass is 282 g/mol. The predicted octanol–water partition coefficient (Wildman–Crippen LogP) is 1.89. The quantitative estimate of drug-likeness (QED) is 0.810. The maximum atomic E-state index is 11.7.